The Hall–Kier alpha value is -1.30. The van der Waals surface area contributed by atoms with E-state index in [1.165, 1.54) is 18.2 Å². The molecule has 0 fully saturated rings. The Morgan fingerprint density at radius 3 is 2.62 bits per heavy atom. The van der Waals surface area contributed by atoms with Gasteiger partial charge in [-0.3, -0.25) is 4.79 Å². The minimum absolute atomic E-state index is 0.0696. The highest BCUT2D eigenvalue weighted by molar-refractivity contribution is 7.81. The molecule has 1 aromatic rings. The molecule has 0 bridgehead atoms. The Bertz CT molecular complexity index is 372. The molecule has 0 saturated heterocycles. The lowest BCUT2D eigenvalue weighted by Gasteiger charge is -2.12. The molecule has 0 radical (unpaired) electrons. The molecule has 0 aromatic heterocycles. The minimum Gasteiger partial charge on any atom is -0.433 e. The quantitative estimate of drug-likeness (QED) is 0.802. The topological polar surface area (TPSA) is 38.3 Å². The van der Waals surface area contributed by atoms with Gasteiger partial charge in [-0.25, -0.2) is 0 Å². The summed E-state index contributed by atoms with van der Waals surface area (Å²) >= 11 is 3.93. The number of halogens is 2. The van der Waals surface area contributed by atoms with Crippen molar-refractivity contribution in [3.8, 4) is 5.75 Å². The summed E-state index contributed by atoms with van der Waals surface area (Å²) < 4.78 is 28.3. The van der Waals surface area contributed by atoms with Gasteiger partial charge in [0, 0.05) is 0 Å². The number of hydrogen-bond acceptors (Lipinski definition) is 3. The highest BCUT2D eigenvalue weighted by Gasteiger charge is 2.13. The van der Waals surface area contributed by atoms with Crippen molar-refractivity contribution in [1.29, 1.82) is 0 Å². The molecule has 0 saturated carbocycles. The van der Waals surface area contributed by atoms with Crippen LogP contribution in [-0.2, 0) is 4.79 Å². The summed E-state index contributed by atoms with van der Waals surface area (Å²) in [5.41, 5.74) is 0.203. The first kappa shape index (κ1) is 12.8. The van der Waals surface area contributed by atoms with Crippen molar-refractivity contribution in [1.82, 2.24) is 0 Å². The third kappa shape index (κ3) is 3.69. The Kier molecular flexibility index (Phi) is 4.54. The van der Waals surface area contributed by atoms with Crippen molar-refractivity contribution in [2.24, 2.45) is 0 Å². The zero-order valence-corrected chi connectivity index (χ0v) is 9.38. The summed E-state index contributed by atoms with van der Waals surface area (Å²) in [5, 5.41) is 1.91. The lowest BCUT2D eigenvalue weighted by molar-refractivity contribution is -0.115. The number of carbonyl (C=O) groups excluding carboxylic acids is 1. The Morgan fingerprint density at radius 2 is 2.06 bits per heavy atom. The maximum Gasteiger partial charge on any atom is 0.387 e. The van der Waals surface area contributed by atoms with Crippen LogP contribution in [0.5, 0.6) is 5.75 Å². The number of hydrogen-bond donors (Lipinski definition) is 2. The van der Waals surface area contributed by atoms with Gasteiger partial charge in [-0.05, 0) is 19.1 Å². The van der Waals surface area contributed by atoms with E-state index in [-0.39, 0.29) is 17.3 Å². The normalized spacial score (nSPS) is 12.3. The van der Waals surface area contributed by atoms with Gasteiger partial charge in [-0.1, -0.05) is 12.1 Å². The van der Waals surface area contributed by atoms with E-state index in [0.29, 0.717) is 0 Å². The number of nitrogens with one attached hydrogen (secondary N) is 1. The number of para-hydroxylation sites is 2. The van der Waals surface area contributed by atoms with Crippen molar-refractivity contribution in [3.05, 3.63) is 24.3 Å². The molecule has 1 atom stereocenters. The lowest BCUT2D eigenvalue weighted by atomic mass is 10.3. The van der Waals surface area contributed by atoms with Gasteiger partial charge in [-0.15, -0.1) is 0 Å². The first-order valence-corrected chi connectivity index (χ1v) is 5.05. The van der Waals surface area contributed by atoms with Crippen LogP contribution in [0.2, 0.25) is 0 Å². The fraction of sp³-hybridized carbons (Fsp3) is 0.300. The van der Waals surface area contributed by atoms with Crippen LogP contribution in [0.15, 0.2) is 24.3 Å². The first-order valence-electron chi connectivity index (χ1n) is 4.53. The van der Waals surface area contributed by atoms with E-state index in [0.717, 1.165) is 0 Å². The molecule has 0 aliphatic carbocycles. The van der Waals surface area contributed by atoms with Crippen molar-refractivity contribution in [2.45, 2.75) is 18.8 Å². The number of amides is 1. The van der Waals surface area contributed by atoms with Crippen LogP contribution < -0.4 is 10.1 Å². The van der Waals surface area contributed by atoms with Crippen molar-refractivity contribution >= 4 is 24.2 Å². The number of anilines is 1. The van der Waals surface area contributed by atoms with E-state index in [2.05, 4.69) is 22.7 Å². The number of benzene rings is 1. The van der Waals surface area contributed by atoms with Crippen molar-refractivity contribution in [3.63, 3.8) is 0 Å². The van der Waals surface area contributed by atoms with Crippen LogP contribution in [0, 0.1) is 0 Å². The maximum atomic E-state index is 12.0. The van der Waals surface area contributed by atoms with Gasteiger partial charge in [-0.2, -0.15) is 21.4 Å². The molecule has 1 amide bonds. The van der Waals surface area contributed by atoms with Crippen molar-refractivity contribution in [2.75, 3.05) is 5.32 Å². The summed E-state index contributed by atoms with van der Waals surface area (Å²) in [6, 6.07) is 5.98. The first-order chi connectivity index (χ1) is 7.50. The third-order valence-electron chi connectivity index (χ3n) is 1.74. The van der Waals surface area contributed by atoms with E-state index >= 15 is 0 Å². The monoisotopic (exact) mass is 247 g/mol. The molecule has 1 rings (SSSR count). The van der Waals surface area contributed by atoms with Crippen LogP contribution in [0.1, 0.15) is 6.92 Å². The predicted octanol–water partition coefficient (Wildman–Crippen LogP) is 2.54. The number of carbonyl (C=O) groups is 1. The molecule has 16 heavy (non-hydrogen) atoms. The fourth-order valence-electron chi connectivity index (χ4n) is 1.01. The summed E-state index contributed by atoms with van der Waals surface area (Å²) in [5.74, 6) is -0.450. The van der Waals surface area contributed by atoms with Crippen LogP contribution in [0.4, 0.5) is 14.5 Å². The summed E-state index contributed by atoms with van der Waals surface area (Å²) in [6.45, 7) is -1.35. The standard InChI is InChI=1S/C10H11F2NO2S/c1-6(16)9(14)13-7-4-2-3-5-8(7)15-10(11)12/h2-6,10,16H,1H3,(H,13,14). The molecule has 1 N–H and O–H groups in total. The Morgan fingerprint density at radius 1 is 1.44 bits per heavy atom. The number of ether oxygens (including phenoxy) is 1. The van der Waals surface area contributed by atoms with Gasteiger partial charge in [0.05, 0.1) is 10.9 Å². The lowest BCUT2D eigenvalue weighted by Crippen LogP contribution is -2.21. The number of thiol groups is 1. The number of alkyl halides is 2. The molecule has 3 nitrogen and oxygen atoms in total. The smallest absolute Gasteiger partial charge is 0.387 e. The fourth-order valence-corrected chi connectivity index (χ4v) is 1.07. The molecule has 0 aliphatic rings. The third-order valence-corrected chi connectivity index (χ3v) is 1.97. The molecule has 6 heteroatoms. The summed E-state index contributed by atoms with van der Waals surface area (Å²) in [7, 11) is 0. The molecule has 1 unspecified atom stereocenters. The molecular formula is C10H11F2NO2S. The zero-order valence-electron chi connectivity index (χ0n) is 8.48. The minimum atomic E-state index is -2.92. The maximum absolute atomic E-state index is 12.0. The Labute approximate surface area is 97.2 Å². The van der Waals surface area contributed by atoms with Gasteiger partial charge in [0.2, 0.25) is 5.91 Å². The largest absolute Gasteiger partial charge is 0.433 e. The SMILES string of the molecule is CC(S)C(=O)Nc1ccccc1OC(F)F. The van der Waals surface area contributed by atoms with Gasteiger partial charge in [0.1, 0.15) is 5.75 Å². The van der Waals surface area contributed by atoms with Crippen molar-refractivity contribution < 1.29 is 18.3 Å². The molecule has 0 aliphatic heterocycles. The van der Waals surface area contributed by atoms with E-state index in [9.17, 15) is 13.6 Å². The van der Waals surface area contributed by atoms with Gasteiger partial charge < -0.3 is 10.1 Å². The van der Waals surface area contributed by atoms with Gasteiger partial charge >= 0.3 is 6.61 Å². The van der Waals surface area contributed by atoms with E-state index in [1.807, 2.05) is 0 Å². The molecular weight excluding hydrogens is 236 g/mol. The Balaban J connectivity index is 2.82. The van der Waals surface area contributed by atoms with E-state index in [1.54, 1.807) is 13.0 Å². The molecule has 1 aromatic carbocycles. The van der Waals surface area contributed by atoms with Gasteiger partial charge in [0.15, 0.2) is 0 Å². The van der Waals surface area contributed by atoms with Crippen LogP contribution in [0.3, 0.4) is 0 Å². The summed E-state index contributed by atoms with van der Waals surface area (Å²) in [6.07, 6.45) is 0. The van der Waals surface area contributed by atoms with E-state index in [4.69, 9.17) is 0 Å². The second kappa shape index (κ2) is 5.69. The second-order valence-corrected chi connectivity index (χ2v) is 3.81. The predicted molar refractivity (Wildman–Crippen MR) is 60.2 cm³/mol. The van der Waals surface area contributed by atoms with Crippen LogP contribution in [0.25, 0.3) is 0 Å². The molecule has 0 heterocycles. The highest BCUT2D eigenvalue weighted by atomic mass is 32.1. The zero-order chi connectivity index (χ0) is 12.1. The molecule has 0 spiro atoms. The second-order valence-electron chi connectivity index (χ2n) is 3.04. The van der Waals surface area contributed by atoms with Crippen LogP contribution >= 0.6 is 12.6 Å². The molecule has 88 valence electrons. The average Bonchev–Trinajstić information content (AvgIpc) is 2.20. The van der Waals surface area contributed by atoms with E-state index < -0.39 is 11.9 Å². The number of rotatable bonds is 4. The summed E-state index contributed by atoms with van der Waals surface area (Å²) in [4.78, 5) is 11.3. The van der Waals surface area contributed by atoms with Gasteiger partial charge in [0.25, 0.3) is 0 Å². The highest BCUT2D eigenvalue weighted by Crippen LogP contribution is 2.25. The average molecular weight is 247 g/mol. The van der Waals surface area contributed by atoms with Crippen LogP contribution in [-0.4, -0.2) is 17.8 Å².